The molecule has 1 aromatic carbocycles. The van der Waals surface area contributed by atoms with Gasteiger partial charge in [0.1, 0.15) is 0 Å². The minimum Gasteiger partial charge on any atom is -0.0799 e. The Labute approximate surface area is 130 Å². The number of fused-ring (bicyclic) bond motifs is 1. The molecule has 2 aliphatic carbocycles. The Hall–Kier alpha value is -1.30. The van der Waals surface area contributed by atoms with Crippen LogP contribution in [0.4, 0.5) is 0 Å². The molecule has 4 atom stereocenters. The average Bonchev–Trinajstić information content (AvgIpc) is 2.75. The summed E-state index contributed by atoms with van der Waals surface area (Å²) in [6, 6.07) is 8.98. The third-order valence-corrected chi connectivity index (χ3v) is 5.86. The fourth-order valence-corrected chi connectivity index (χ4v) is 4.18. The Balaban J connectivity index is 1.99. The van der Waals surface area contributed by atoms with Crippen LogP contribution in [0.1, 0.15) is 51.2 Å². The zero-order chi connectivity index (χ0) is 15.0. The normalized spacial score (nSPS) is 34.7. The van der Waals surface area contributed by atoms with E-state index in [1.54, 1.807) is 0 Å². The summed E-state index contributed by atoms with van der Waals surface area (Å²) in [5, 5.41) is 0. The van der Waals surface area contributed by atoms with Crippen LogP contribution in [0.15, 0.2) is 48.1 Å². The van der Waals surface area contributed by atoms with E-state index in [4.69, 9.17) is 0 Å². The molecule has 3 rings (SSSR count). The van der Waals surface area contributed by atoms with Crippen LogP contribution in [0.2, 0.25) is 0 Å². The standard InChI is InChI=1S/C21H26/c1-5-9-17-11-6-7-13-19(17)20-14-18-12-8-10-15(2)21(18,4)16(20)3/h6-8,10-13,16,18,20H,5,9H2,1-4H3. The average molecular weight is 278 g/mol. The zero-order valence-electron chi connectivity index (χ0n) is 13.7. The topological polar surface area (TPSA) is 0 Å². The molecular formula is C21H26. The van der Waals surface area contributed by atoms with Crippen molar-refractivity contribution >= 4 is 0 Å². The highest BCUT2D eigenvalue weighted by Gasteiger charge is 2.51. The first-order chi connectivity index (χ1) is 10.1. The van der Waals surface area contributed by atoms with Crippen LogP contribution in [0.5, 0.6) is 0 Å². The van der Waals surface area contributed by atoms with Crippen molar-refractivity contribution in [1.82, 2.24) is 0 Å². The number of allylic oxidation sites excluding steroid dienone is 4. The molecule has 0 nitrogen and oxygen atoms in total. The van der Waals surface area contributed by atoms with Gasteiger partial charge in [0.25, 0.3) is 0 Å². The van der Waals surface area contributed by atoms with Gasteiger partial charge >= 0.3 is 0 Å². The molecule has 0 heteroatoms. The molecule has 0 aliphatic heterocycles. The van der Waals surface area contributed by atoms with Crippen molar-refractivity contribution in [3.63, 3.8) is 0 Å². The first-order valence-corrected chi connectivity index (χ1v) is 8.28. The predicted octanol–water partition coefficient (Wildman–Crippen LogP) is 5.59. The second-order valence-electron chi connectivity index (χ2n) is 6.88. The van der Waals surface area contributed by atoms with Gasteiger partial charge in [0, 0.05) is 0 Å². The smallest absolute Gasteiger partial charge is 0.000579 e. The lowest BCUT2D eigenvalue weighted by Crippen LogP contribution is -2.30. The van der Waals surface area contributed by atoms with Crippen LogP contribution in [0.3, 0.4) is 0 Å². The van der Waals surface area contributed by atoms with E-state index in [0.717, 1.165) is 0 Å². The molecule has 0 amide bonds. The van der Waals surface area contributed by atoms with Gasteiger partial charge in [0.2, 0.25) is 0 Å². The van der Waals surface area contributed by atoms with E-state index < -0.39 is 0 Å². The van der Waals surface area contributed by atoms with Crippen molar-refractivity contribution in [3.8, 4) is 0 Å². The summed E-state index contributed by atoms with van der Waals surface area (Å²) < 4.78 is 0. The highest BCUT2D eigenvalue weighted by molar-refractivity contribution is 5.41. The van der Waals surface area contributed by atoms with Crippen LogP contribution in [-0.2, 0) is 6.42 Å². The van der Waals surface area contributed by atoms with Crippen molar-refractivity contribution < 1.29 is 0 Å². The van der Waals surface area contributed by atoms with E-state index >= 15 is 0 Å². The Morgan fingerprint density at radius 2 is 2.00 bits per heavy atom. The molecule has 0 bridgehead atoms. The molecule has 0 aromatic heterocycles. The molecule has 2 radical (unpaired) electrons. The maximum absolute atomic E-state index is 3.90. The summed E-state index contributed by atoms with van der Waals surface area (Å²) in [5.74, 6) is 1.51. The molecule has 1 fully saturated rings. The van der Waals surface area contributed by atoms with E-state index in [-0.39, 0.29) is 5.41 Å². The lowest BCUT2D eigenvalue weighted by molar-refractivity contribution is 0.250. The molecule has 1 saturated carbocycles. The van der Waals surface area contributed by atoms with Gasteiger partial charge in [-0.2, -0.15) is 0 Å². The summed E-state index contributed by atoms with van der Waals surface area (Å²) in [7, 11) is 0. The summed E-state index contributed by atoms with van der Waals surface area (Å²) in [6.07, 6.45) is 13.1. The lowest BCUT2D eigenvalue weighted by atomic mass is 9.66. The fourth-order valence-electron chi connectivity index (χ4n) is 4.18. The van der Waals surface area contributed by atoms with E-state index in [9.17, 15) is 0 Å². The Morgan fingerprint density at radius 1 is 1.24 bits per heavy atom. The van der Waals surface area contributed by atoms with Gasteiger partial charge in [-0.05, 0) is 54.1 Å². The van der Waals surface area contributed by atoms with Crippen LogP contribution in [0, 0.1) is 23.7 Å². The van der Waals surface area contributed by atoms with Gasteiger partial charge in [0.05, 0.1) is 0 Å². The molecule has 0 N–H and O–H groups in total. The molecule has 0 saturated heterocycles. The van der Waals surface area contributed by atoms with Crippen molar-refractivity contribution in [2.24, 2.45) is 17.3 Å². The van der Waals surface area contributed by atoms with Crippen LogP contribution >= 0.6 is 0 Å². The highest BCUT2D eigenvalue weighted by atomic mass is 14.5. The number of aryl methyl sites for hydroxylation is 1. The number of benzene rings is 1. The molecule has 0 heterocycles. The van der Waals surface area contributed by atoms with E-state index in [1.165, 1.54) is 29.5 Å². The quantitative estimate of drug-likeness (QED) is 0.676. The zero-order valence-corrected chi connectivity index (χ0v) is 13.7. The number of hydrogen-bond acceptors (Lipinski definition) is 0. The minimum atomic E-state index is 0.235. The van der Waals surface area contributed by atoms with Gasteiger partial charge in [-0.1, -0.05) is 75.3 Å². The maximum atomic E-state index is 3.90. The largest absolute Gasteiger partial charge is 0.0799 e. The van der Waals surface area contributed by atoms with Gasteiger partial charge in [-0.3, -0.25) is 0 Å². The minimum absolute atomic E-state index is 0.235. The second kappa shape index (κ2) is 5.48. The van der Waals surface area contributed by atoms with Gasteiger partial charge in [-0.15, -0.1) is 0 Å². The molecular weight excluding hydrogens is 252 g/mol. The summed E-state index contributed by atoms with van der Waals surface area (Å²) in [4.78, 5) is 0. The monoisotopic (exact) mass is 278 g/mol. The molecule has 4 unspecified atom stereocenters. The number of hydrogen-bond donors (Lipinski definition) is 0. The van der Waals surface area contributed by atoms with Gasteiger partial charge in [-0.25, -0.2) is 0 Å². The third-order valence-electron chi connectivity index (χ3n) is 5.86. The SMILES string of the molecule is CCCc1ccccc1C1[C]C2C=CC=C(C)C2(C)C1C. The van der Waals surface area contributed by atoms with Crippen LogP contribution in [0.25, 0.3) is 0 Å². The van der Waals surface area contributed by atoms with E-state index in [1.807, 2.05) is 0 Å². The van der Waals surface area contributed by atoms with Crippen LogP contribution in [-0.4, -0.2) is 0 Å². The fraction of sp³-hybridized carbons (Fsp3) is 0.476. The van der Waals surface area contributed by atoms with Gasteiger partial charge in [0.15, 0.2) is 0 Å². The third kappa shape index (κ3) is 2.20. The first kappa shape index (κ1) is 14.6. The molecule has 2 aliphatic rings. The Kier molecular flexibility index (Phi) is 3.82. The maximum Gasteiger partial charge on any atom is -0.000579 e. The lowest BCUT2D eigenvalue weighted by Gasteiger charge is -2.38. The summed E-state index contributed by atoms with van der Waals surface area (Å²) in [5.41, 5.74) is 4.75. The van der Waals surface area contributed by atoms with Crippen molar-refractivity contribution in [1.29, 1.82) is 0 Å². The first-order valence-electron chi connectivity index (χ1n) is 8.28. The van der Waals surface area contributed by atoms with Gasteiger partial charge < -0.3 is 0 Å². The highest BCUT2D eigenvalue weighted by Crippen LogP contribution is 2.59. The molecule has 110 valence electrons. The predicted molar refractivity (Wildman–Crippen MR) is 90.1 cm³/mol. The summed E-state index contributed by atoms with van der Waals surface area (Å²) >= 11 is 0. The second-order valence-corrected chi connectivity index (χ2v) is 6.88. The molecule has 21 heavy (non-hydrogen) atoms. The van der Waals surface area contributed by atoms with Crippen LogP contribution < -0.4 is 0 Å². The van der Waals surface area contributed by atoms with Crippen molar-refractivity contribution in [3.05, 3.63) is 65.6 Å². The Morgan fingerprint density at radius 3 is 2.71 bits per heavy atom. The van der Waals surface area contributed by atoms with Crippen molar-refractivity contribution in [2.45, 2.75) is 46.5 Å². The van der Waals surface area contributed by atoms with E-state index in [0.29, 0.717) is 17.8 Å². The van der Waals surface area contributed by atoms with Crippen molar-refractivity contribution in [2.75, 3.05) is 0 Å². The number of rotatable bonds is 3. The Bertz CT molecular complexity index is 577. The van der Waals surface area contributed by atoms with E-state index in [2.05, 4.69) is 76.6 Å². The summed E-state index contributed by atoms with van der Waals surface area (Å²) in [6.45, 7) is 9.39. The molecule has 0 spiro atoms. The molecule has 1 aromatic rings.